The Hall–Kier alpha value is -0.810. The summed E-state index contributed by atoms with van der Waals surface area (Å²) in [6.07, 6.45) is 3.29. The number of aliphatic hydroxyl groups is 1. The Morgan fingerprint density at radius 3 is 2.50 bits per heavy atom. The lowest BCUT2D eigenvalue weighted by Gasteiger charge is -2.24. The van der Waals surface area contributed by atoms with Gasteiger partial charge in [0, 0.05) is 31.8 Å². The molecule has 18 heavy (non-hydrogen) atoms. The van der Waals surface area contributed by atoms with Crippen molar-refractivity contribution in [2.24, 2.45) is 5.92 Å². The van der Waals surface area contributed by atoms with E-state index in [2.05, 4.69) is 29.5 Å². The number of hydrogen-bond donors (Lipinski definition) is 3. The van der Waals surface area contributed by atoms with Crippen molar-refractivity contribution in [1.82, 2.24) is 15.5 Å². The summed E-state index contributed by atoms with van der Waals surface area (Å²) >= 11 is 0. The maximum atomic E-state index is 11.6. The van der Waals surface area contributed by atoms with Gasteiger partial charge in [0.1, 0.15) is 0 Å². The van der Waals surface area contributed by atoms with Crippen molar-refractivity contribution >= 4 is 6.03 Å². The summed E-state index contributed by atoms with van der Waals surface area (Å²) in [6, 6.07) is 0.975. The molecule has 0 bridgehead atoms. The minimum Gasteiger partial charge on any atom is -0.396 e. The number of amides is 2. The topological polar surface area (TPSA) is 64.6 Å². The molecule has 1 aliphatic rings. The first kappa shape index (κ1) is 15.2. The molecule has 5 heteroatoms. The van der Waals surface area contributed by atoms with Gasteiger partial charge >= 0.3 is 6.03 Å². The molecule has 2 amide bonds. The zero-order valence-corrected chi connectivity index (χ0v) is 11.8. The molecule has 0 aromatic heterocycles. The second-order valence-corrected chi connectivity index (χ2v) is 5.45. The molecule has 0 aromatic carbocycles. The normalized spacial score (nSPS) is 18.5. The monoisotopic (exact) mass is 257 g/mol. The Balaban J connectivity index is 2.08. The summed E-state index contributed by atoms with van der Waals surface area (Å²) in [5.41, 5.74) is 0. The summed E-state index contributed by atoms with van der Waals surface area (Å²) in [5, 5.41) is 14.5. The summed E-state index contributed by atoms with van der Waals surface area (Å²) < 4.78 is 0. The molecule has 2 unspecified atom stereocenters. The third-order valence-corrected chi connectivity index (χ3v) is 3.61. The van der Waals surface area contributed by atoms with Crippen LogP contribution in [0, 0.1) is 5.92 Å². The average molecular weight is 257 g/mol. The number of urea groups is 1. The van der Waals surface area contributed by atoms with Crippen molar-refractivity contribution in [2.75, 3.05) is 26.7 Å². The van der Waals surface area contributed by atoms with Crippen LogP contribution in [0.25, 0.3) is 0 Å². The molecule has 1 fully saturated rings. The average Bonchev–Trinajstić information content (AvgIpc) is 3.17. The van der Waals surface area contributed by atoms with E-state index in [0.29, 0.717) is 25.0 Å². The van der Waals surface area contributed by atoms with E-state index in [0.717, 1.165) is 12.5 Å². The van der Waals surface area contributed by atoms with E-state index in [1.54, 1.807) is 0 Å². The van der Waals surface area contributed by atoms with Crippen LogP contribution in [-0.4, -0.2) is 54.9 Å². The van der Waals surface area contributed by atoms with Crippen LogP contribution in [0.4, 0.5) is 4.79 Å². The van der Waals surface area contributed by atoms with Gasteiger partial charge in [0.15, 0.2) is 0 Å². The molecular formula is C13H27N3O2. The van der Waals surface area contributed by atoms with Crippen LogP contribution in [0.3, 0.4) is 0 Å². The number of nitrogens with zero attached hydrogens (tertiary/aromatic N) is 1. The highest BCUT2D eigenvalue weighted by Crippen LogP contribution is 2.26. The predicted molar refractivity (Wildman–Crippen MR) is 72.5 cm³/mol. The molecule has 106 valence electrons. The van der Waals surface area contributed by atoms with Gasteiger partial charge in [-0.05, 0) is 39.2 Å². The Bertz CT molecular complexity index is 257. The van der Waals surface area contributed by atoms with Crippen LogP contribution in [0.5, 0.6) is 0 Å². The molecular weight excluding hydrogens is 230 g/mol. The number of likely N-dealkylation sites (N-methyl/N-ethyl adjacent to an activating group) is 1. The smallest absolute Gasteiger partial charge is 0.314 e. The molecule has 0 aromatic rings. The first-order valence-electron chi connectivity index (χ1n) is 6.89. The van der Waals surface area contributed by atoms with Crippen molar-refractivity contribution in [3.8, 4) is 0 Å². The van der Waals surface area contributed by atoms with Crippen molar-refractivity contribution in [1.29, 1.82) is 0 Å². The van der Waals surface area contributed by atoms with Gasteiger partial charge in [0.25, 0.3) is 0 Å². The Morgan fingerprint density at radius 1 is 1.33 bits per heavy atom. The third-order valence-electron chi connectivity index (χ3n) is 3.61. The maximum absolute atomic E-state index is 11.6. The summed E-state index contributed by atoms with van der Waals surface area (Å²) in [4.78, 5) is 13.9. The second-order valence-electron chi connectivity index (χ2n) is 5.45. The molecule has 0 saturated heterocycles. The molecule has 0 radical (unpaired) electrons. The number of carbonyl (C=O) groups is 1. The van der Waals surface area contributed by atoms with E-state index >= 15 is 0 Å². The highest BCUT2D eigenvalue weighted by molar-refractivity contribution is 5.73. The molecule has 0 spiro atoms. The Morgan fingerprint density at radius 2 is 1.94 bits per heavy atom. The van der Waals surface area contributed by atoms with Gasteiger partial charge < -0.3 is 15.7 Å². The van der Waals surface area contributed by atoms with Gasteiger partial charge in [-0.25, -0.2) is 4.79 Å². The quantitative estimate of drug-likeness (QED) is 0.602. The summed E-state index contributed by atoms with van der Waals surface area (Å²) in [6.45, 7) is 5.60. The predicted octanol–water partition coefficient (Wildman–Crippen LogP) is 0.787. The first-order chi connectivity index (χ1) is 8.54. The van der Waals surface area contributed by atoms with E-state index < -0.39 is 0 Å². The minimum absolute atomic E-state index is 0.115. The molecule has 2 atom stereocenters. The summed E-state index contributed by atoms with van der Waals surface area (Å²) in [5.74, 6) is 0.312. The van der Waals surface area contributed by atoms with Gasteiger partial charge in [-0.3, -0.25) is 4.90 Å². The van der Waals surface area contributed by atoms with Gasteiger partial charge in [0.2, 0.25) is 0 Å². The lowest BCUT2D eigenvalue weighted by molar-refractivity contribution is 0.219. The zero-order valence-electron chi connectivity index (χ0n) is 11.8. The number of nitrogens with one attached hydrogen (secondary N) is 2. The number of carbonyl (C=O) groups excluding carboxylic acids is 1. The maximum Gasteiger partial charge on any atom is 0.314 e. The fourth-order valence-electron chi connectivity index (χ4n) is 1.88. The molecule has 0 aliphatic heterocycles. The third kappa shape index (κ3) is 5.69. The number of aliphatic hydroxyl groups excluding tert-OH is 1. The molecule has 0 heterocycles. The molecule has 1 aliphatic carbocycles. The zero-order chi connectivity index (χ0) is 13.5. The van der Waals surface area contributed by atoms with E-state index in [4.69, 9.17) is 5.11 Å². The Labute approximate surface area is 110 Å². The molecule has 1 rings (SSSR count). The second kappa shape index (κ2) is 7.59. The molecule has 3 N–H and O–H groups in total. The largest absolute Gasteiger partial charge is 0.396 e. The number of rotatable bonds is 8. The lowest BCUT2D eigenvalue weighted by atomic mass is 10.1. The van der Waals surface area contributed by atoms with Gasteiger partial charge in [-0.1, -0.05) is 6.92 Å². The fourth-order valence-corrected chi connectivity index (χ4v) is 1.88. The summed E-state index contributed by atoms with van der Waals surface area (Å²) in [7, 11) is 2.12. The van der Waals surface area contributed by atoms with Crippen LogP contribution in [0.2, 0.25) is 0 Å². The van der Waals surface area contributed by atoms with Crippen molar-refractivity contribution in [3.05, 3.63) is 0 Å². The van der Waals surface area contributed by atoms with Crippen molar-refractivity contribution in [3.63, 3.8) is 0 Å². The van der Waals surface area contributed by atoms with Gasteiger partial charge in [0.05, 0.1) is 0 Å². The molecule has 1 saturated carbocycles. The first-order valence-corrected chi connectivity index (χ1v) is 6.89. The highest BCUT2D eigenvalue weighted by atomic mass is 16.3. The van der Waals surface area contributed by atoms with Crippen LogP contribution in [0.1, 0.15) is 33.1 Å². The van der Waals surface area contributed by atoms with Gasteiger partial charge in [-0.2, -0.15) is 0 Å². The lowest BCUT2D eigenvalue weighted by Crippen LogP contribution is -2.45. The van der Waals surface area contributed by atoms with E-state index in [9.17, 15) is 4.79 Å². The number of hydrogen-bond acceptors (Lipinski definition) is 3. The van der Waals surface area contributed by atoms with Gasteiger partial charge in [-0.15, -0.1) is 0 Å². The SMILES string of the molecule is CC(CCO)CNC(=O)NCC(C)N(C)C1CC1. The van der Waals surface area contributed by atoms with Crippen LogP contribution in [-0.2, 0) is 0 Å². The van der Waals surface area contributed by atoms with Crippen molar-refractivity contribution in [2.45, 2.75) is 45.2 Å². The van der Waals surface area contributed by atoms with Crippen molar-refractivity contribution < 1.29 is 9.90 Å². The minimum atomic E-state index is -0.115. The fraction of sp³-hybridized carbons (Fsp3) is 0.923. The van der Waals surface area contributed by atoms with E-state index in [1.807, 2.05) is 6.92 Å². The van der Waals surface area contributed by atoms with Crippen LogP contribution in [0.15, 0.2) is 0 Å². The highest BCUT2D eigenvalue weighted by Gasteiger charge is 2.29. The van der Waals surface area contributed by atoms with E-state index in [1.165, 1.54) is 12.8 Å². The van der Waals surface area contributed by atoms with Crippen LogP contribution >= 0.6 is 0 Å². The standard InChI is InChI=1S/C13H27N3O2/c1-10(6-7-17)8-14-13(18)15-9-11(2)16(3)12-4-5-12/h10-12,17H,4-9H2,1-3H3,(H2,14,15,18). The Kier molecular flexibility index (Phi) is 6.43. The molecule has 5 nitrogen and oxygen atoms in total. The van der Waals surface area contributed by atoms with E-state index in [-0.39, 0.29) is 12.6 Å². The van der Waals surface area contributed by atoms with Crippen LogP contribution < -0.4 is 10.6 Å².